The van der Waals surface area contributed by atoms with E-state index in [1.807, 2.05) is 18.2 Å². The summed E-state index contributed by atoms with van der Waals surface area (Å²) < 4.78 is 39.5. The third-order valence-electron chi connectivity index (χ3n) is 4.44. The molecule has 1 heterocycles. The SMILES string of the molecule is COc1cc2nc(Cl)nc(NS(=O)(=O)c3cccc4ccccc34)c2cc1OC. The number of hydrogen-bond donors (Lipinski definition) is 1. The number of nitrogens with one attached hydrogen (secondary N) is 1. The number of benzene rings is 3. The molecule has 0 bridgehead atoms. The molecule has 0 saturated carbocycles. The number of anilines is 1. The van der Waals surface area contributed by atoms with Gasteiger partial charge in [-0.2, -0.15) is 4.98 Å². The van der Waals surface area contributed by atoms with Gasteiger partial charge in [0, 0.05) is 16.8 Å². The standard InChI is InChI=1S/C20H16ClN3O4S/c1-27-16-10-14-15(11-17(16)28-2)22-20(21)23-19(14)24-29(25,26)18-9-5-7-12-6-3-4-8-13(12)18/h3-11H,1-2H3,(H,22,23,24). The summed E-state index contributed by atoms with van der Waals surface area (Å²) in [6.45, 7) is 0. The van der Waals surface area contributed by atoms with E-state index in [2.05, 4.69) is 14.7 Å². The molecule has 4 rings (SSSR count). The predicted molar refractivity (Wildman–Crippen MR) is 112 cm³/mol. The Balaban J connectivity index is 1.88. The van der Waals surface area contributed by atoms with Crippen LogP contribution in [-0.2, 0) is 10.0 Å². The van der Waals surface area contributed by atoms with E-state index < -0.39 is 10.0 Å². The molecule has 148 valence electrons. The molecule has 1 N–H and O–H groups in total. The molecule has 0 aliphatic rings. The Morgan fingerprint density at radius 3 is 2.34 bits per heavy atom. The van der Waals surface area contributed by atoms with E-state index in [-0.39, 0.29) is 16.0 Å². The summed E-state index contributed by atoms with van der Waals surface area (Å²) >= 11 is 6.03. The number of aromatic nitrogens is 2. The fourth-order valence-corrected chi connectivity index (χ4v) is 4.55. The molecule has 1 aromatic heterocycles. The lowest BCUT2D eigenvalue weighted by Gasteiger charge is -2.14. The second kappa shape index (κ2) is 7.38. The van der Waals surface area contributed by atoms with Crippen LogP contribution in [0, 0.1) is 0 Å². The molecule has 3 aromatic carbocycles. The molecule has 0 amide bonds. The van der Waals surface area contributed by atoms with Crippen LogP contribution in [0.2, 0.25) is 5.28 Å². The van der Waals surface area contributed by atoms with Crippen LogP contribution < -0.4 is 14.2 Å². The highest BCUT2D eigenvalue weighted by Crippen LogP contribution is 2.35. The van der Waals surface area contributed by atoms with E-state index >= 15 is 0 Å². The van der Waals surface area contributed by atoms with Crippen molar-refractivity contribution in [3.05, 3.63) is 59.9 Å². The van der Waals surface area contributed by atoms with Crippen LogP contribution in [0.1, 0.15) is 0 Å². The van der Waals surface area contributed by atoms with E-state index in [0.29, 0.717) is 27.8 Å². The predicted octanol–water partition coefficient (Wildman–Crippen LogP) is 4.25. The maximum absolute atomic E-state index is 13.2. The molecule has 0 radical (unpaired) electrons. The van der Waals surface area contributed by atoms with Gasteiger partial charge in [0.2, 0.25) is 5.28 Å². The molecule has 4 aromatic rings. The number of rotatable bonds is 5. The Morgan fingerprint density at radius 2 is 1.59 bits per heavy atom. The van der Waals surface area contributed by atoms with E-state index in [0.717, 1.165) is 5.39 Å². The van der Waals surface area contributed by atoms with E-state index in [4.69, 9.17) is 21.1 Å². The number of hydrogen-bond acceptors (Lipinski definition) is 6. The summed E-state index contributed by atoms with van der Waals surface area (Å²) in [5.74, 6) is 0.906. The molecular formula is C20H16ClN3O4S. The van der Waals surface area contributed by atoms with Crippen LogP contribution in [0.25, 0.3) is 21.7 Å². The average molecular weight is 430 g/mol. The largest absolute Gasteiger partial charge is 0.493 e. The third-order valence-corrected chi connectivity index (χ3v) is 6.01. The fraction of sp³-hybridized carbons (Fsp3) is 0.100. The van der Waals surface area contributed by atoms with Gasteiger partial charge in [-0.05, 0) is 29.1 Å². The molecule has 7 nitrogen and oxygen atoms in total. The van der Waals surface area contributed by atoms with Crippen molar-refractivity contribution in [2.45, 2.75) is 4.90 Å². The van der Waals surface area contributed by atoms with Gasteiger partial charge in [-0.15, -0.1) is 0 Å². The highest BCUT2D eigenvalue weighted by Gasteiger charge is 2.21. The molecule has 0 aliphatic carbocycles. The quantitative estimate of drug-likeness (QED) is 0.477. The Labute approximate surface area is 172 Å². The van der Waals surface area contributed by atoms with Crippen molar-refractivity contribution in [2.75, 3.05) is 18.9 Å². The van der Waals surface area contributed by atoms with Crippen molar-refractivity contribution < 1.29 is 17.9 Å². The summed E-state index contributed by atoms with van der Waals surface area (Å²) in [4.78, 5) is 8.39. The Hall–Kier alpha value is -3.10. The van der Waals surface area contributed by atoms with E-state index in [1.165, 1.54) is 14.2 Å². The molecule has 0 fully saturated rings. The second-order valence-corrected chi connectivity index (χ2v) is 8.14. The van der Waals surface area contributed by atoms with Crippen molar-refractivity contribution in [1.82, 2.24) is 9.97 Å². The Kier molecular flexibility index (Phi) is 4.89. The van der Waals surface area contributed by atoms with Crippen LogP contribution in [0.5, 0.6) is 11.5 Å². The minimum absolute atomic E-state index is 0.0499. The minimum atomic E-state index is -3.95. The van der Waals surface area contributed by atoms with Gasteiger partial charge in [0.25, 0.3) is 10.0 Å². The van der Waals surface area contributed by atoms with Gasteiger partial charge in [-0.1, -0.05) is 36.4 Å². The first-order valence-corrected chi connectivity index (χ1v) is 10.4. The van der Waals surface area contributed by atoms with Gasteiger partial charge in [0.05, 0.1) is 24.6 Å². The summed E-state index contributed by atoms with van der Waals surface area (Å²) in [5.41, 5.74) is 0.415. The lowest BCUT2D eigenvalue weighted by Crippen LogP contribution is -2.15. The average Bonchev–Trinajstić information content (AvgIpc) is 2.72. The topological polar surface area (TPSA) is 90.4 Å². The number of ether oxygens (including phenoxy) is 2. The molecule has 0 saturated heterocycles. The number of sulfonamides is 1. The van der Waals surface area contributed by atoms with Crippen LogP contribution in [0.15, 0.2) is 59.5 Å². The molecule has 29 heavy (non-hydrogen) atoms. The van der Waals surface area contributed by atoms with Crippen LogP contribution in [0.4, 0.5) is 5.82 Å². The first-order valence-electron chi connectivity index (χ1n) is 8.53. The number of halogens is 1. The molecule has 0 unspecified atom stereocenters. The van der Waals surface area contributed by atoms with Gasteiger partial charge < -0.3 is 9.47 Å². The number of fused-ring (bicyclic) bond motifs is 2. The molecule has 0 aliphatic heterocycles. The fourth-order valence-electron chi connectivity index (χ4n) is 3.12. The molecule has 0 atom stereocenters. The van der Waals surface area contributed by atoms with Crippen molar-refractivity contribution in [3.63, 3.8) is 0 Å². The summed E-state index contributed by atoms with van der Waals surface area (Å²) in [6, 6.07) is 15.5. The van der Waals surface area contributed by atoms with E-state index in [9.17, 15) is 8.42 Å². The maximum atomic E-state index is 13.2. The normalized spacial score (nSPS) is 11.6. The second-order valence-electron chi connectivity index (χ2n) is 6.15. The zero-order valence-corrected chi connectivity index (χ0v) is 17.1. The smallest absolute Gasteiger partial charge is 0.263 e. The molecule has 0 spiro atoms. The van der Waals surface area contributed by atoms with Crippen molar-refractivity contribution in [3.8, 4) is 11.5 Å². The van der Waals surface area contributed by atoms with Crippen LogP contribution >= 0.6 is 11.6 Å². The third kappa shape index (κ3) is 3.52. The van der Waals surface area contributed by atoms with Crippen molar-refractivity contribution in [2.24, 2.45) is 0 Å². The monoisotopic (exact) mass is 429 g/mol. The van der Waals surface area contributed by atoms with E-state index in [1.54, 1.807) is 36.4 Å². The lowest BCUT2D eigenvalue weighted by molar-refractivity contribution is 0.356. The van der Waals surface area contributed by atoms with Gasteiger partial charge in [-0.3, -0.25) is 4.72 Å². The highest BCUT2D eigenvalue weighted by atomic mass is 35.5. The van der Waals surface area contributed by atoms with Crippen molar-refractivity contribution in [1.29, 1.82) is 0 Å². The van der Waals surface area contributed by atoms with Gasteiger partial charge >= 0.3 is 0 Å². The van der Waals surface area contributed by atoms with Crippen molar-refractivity contribution >= 4 is 49.1 Å². The molecular weight excluding hydrogens is 414 g/mol. The number of nitrogens with zero attached hydrogens (tertiary/aromatic N) is 2. The van der Waals surface area contributed by atoms with Gasteiger partial charge in [0.1, 0.15) is 0 Å². The first kappa shape index (κ1) is 19.2. The lowest BCUT2D eigenvalue weighted by atomic mass is 10.1. The Bertz CT molecular complexity index is 1340. The van der Waals surface area contributed by atoms with Crippen LogP contribution in [-0.4, -0.2) is 32.6 Å². The van der Waals surface area contributed by atoms with Gasteiger partial charge in [-0.25, -0.2) is 13.4 Å². The first-order chi connectivity index (χ1) is 13.9. The Morgan fingerprint density at radius 1 is 0.897 bits per heavy atom. The summed E-state index contributed by atoms with van der Waals surface area (Å²) in [5, 5.41) is 1.75. The number of methoxy groups -OCH3 is 2. The minimum Gasteiger partial charge on any atom is -0.493 e. The zero-order valence-electron chi connectivity index (χ0n) is 15.5. The summed E-state index contributed by atoms with van der Waals surface area (Å²) in [7, 11) is -0.971. The van der Waals surface area contributed by atoms with Gasteiger partial charge in [0.15, 0.2) is 17.3 Å². The highest BCUT2D eigenvalue weighted by molar-refractivity contribution is 7.93. The molecule has 9 heteroatoms. The van der Waals surface area contributed by atoms with Crippen LogP contribution in [0.3, 0.4) is 0 Å². The zero-order chi connectivity index (χ0) is 20.6. The maximum Gasteiger partial charge on any atom is 0.263 e. The summed E-state index contributed by atoms with van der Waals surface area (Å²) in [6.07, 6.45) is 0.